The Kier molecular flexibility index (Phi) is 5.98. The quantitative estimate of drug-likeness (QED) is 0.791. The van der Waals surface area contributed by atoms with Crippen LogP contribution in [0, 0.1) is 5.92 Å². The number of amides is 1. The fourth-order valence-electron chi connectivity index (χ4n) is 2.67. The molecule has 3 N–H and O–H groups in total. The number of nitrogens with one attached hydrogen (secondary N) is 2. The van der Waals surface area contributed by atoms with E-state index in [0.29, 0.717) is 11.2 Å². The molecule has 1 aromatic heterocycles. The zero-order valence-corrected chi connectivity index (χ0v) is 14.4. The van der Waals surface area contributed by atoms with Gasteiger partial charge in [-0.05, 0) is 50.6 Å². The van der Waals surface area contributed by atoms with Crippen LogP contribution in [0.15, 0.2) is 29.6 Å². The van der Waals surface area contributed by atoms with Gasteiger partial charge in [-0.1, -0.05) is 0 Å². The summed E-state index contributed by atoms with van der Waals surface area (Å²) in [5.74, 6) is 0.338. The van der Waals surface area contributed by atoms with Gasteiger partial charge in [0.15, 0.2) is 5.13 Å². The predicted octanol–water partition coefficient (Wildman–Crippen LogP) is 3.26. The van der Waals surface area contributed by atoms with Crippen LogP contribution in [0.2, 0.25) is 0 Å². The van der Waals surface area contributed by atoms with E-state index >= 15 is 0 Å². The van der Waals surface area contributed by atoms with Crippen molar-refractivity contribution in [3.8, 4) is 17.0 Å². The number of hydrogen-bond acceptors (Lipinski definition) is 5. The summed E-state index contributed by atoms with van der Waals surface area (Å²) in [6, 6.07) is 7.26. The van der Waals surface area contributed by atoms with Gasteiger partial charge in [0.25, 0.3) is 0 Å². The largest absolute Gasteiger partial charge is 0.508 e. The number of thiazole rings is 1. The SMILES string of the molecule is C[C@H]1C[C@@H](C(=O)Nc2nc(-c3ccc(O)cc3)cs2)CCN1.Cl. The Balaban J connectivity index is 0.00000192. The second-order valence-corrected chi connectivity index (χ2v) is 6.51. The summed E-state index contributed by atoms with van der Waals surface area (Å²) in [6.07, 6.45) is 1.73. The zero-order valence-electron chi connectivity index (χ0n) is 12.8. The Labute approximate surface area is 145 Å². The molecule has 0 unspecified atom stereocenters. The molecule has 2 heterocycles. The molecule has 2 aromatic rings. The van der Waals surface area contributed by atoms with Gasteiger partial charge in [-0.15, -0.1) is 23.7 Å². The standard InChI is InChI=1S/C16H19N3O2S.ClH/c1-10-8-12(6-7-17-10)15(21)19-16-18-14(9-22-16)11-2-4-13(20)5-3-11;/h2-5,9-10,12,17,20H,6-8H2,1H3,(H,18,19,21);1H/t10-,12-;/m0./s1. The third-order valence-electron chi connectivity index (χ3n) is 3.89. The van der Waals surface area contributed by atoms with Gasteiger partial charge in [-0.2, -0.15) is 0 Å². The molecule has 1 fully saturated rings. The summed E-state index contributed by atoms with van der Waals surface area (Å²) < 4.78 is 0. The molecule has 1 aliphatic rings. The number of phenols is 1. The van der Waals surface area contributed by atoms with Gasteiger partial charge in [0.2, 0.25) is 5.91 Å². The molecular formula is C16H20ClN3O2S. The number of aromatic nitrogens is 1. The summed E-state index contributed by atoms with van der Waals surface area (Å²) in [6.45, 7) is 2.99. The Bertz CT molecular complexity index is 660. The number of rotatable bonds is 3. The maximum absolute atomic E-state index is 12.3. The van der Waals surface area contributed by atoms with Crippen LogP contribution < -0.4 is 10.6 Å². The highest BCUT2D eigenvalue weighted by atomic mass is 35.5. The van der Waals surface area contributed by atoms with Crippen LogP contribution in [0.4, 0.5) is 5.13 Å². The number of phenolic OH excluding ortho intramolecular Hbond substituents is 1. The first-order valence-electron chi connectivity index (χ1n) is 7.41. The lowest BCUT2D eigenvalue weighted by atomic mass is 9.92. The minimum Gasteiger partial charge on any atom is -0.508 e. The molecule has 1 amide bonds. The van der Waals surface area contributed by atoms with E-state index < -0.39 is 0 Å². The molecular weight excluding hydrogens is 334 g/mol. The van der Waals surface area contributed by atoms with Gasteiger partial charge in [-0.3, -0.25) is 4.79 Å². The van der Waals surface area contributed by atoms with E-state index in [2.05, 4.69) is 22.5 Å². The van der Waals surface area contributed by atoms with E-state index in [0.717, 1.165) is 30.6 Å². The van der Waals surface area contributed by atoms with Crippen LogP contribution >= 0.6 is 23.7 Å². The lowest BCUT2D eigenvalue weighted by Gasteiger charge is -2.26. The molecule has 1 aliphatic heterocycles. The average molecular weight is 354 g/mol. The van der Waals surface area contributed by atoms with E-state index in [1.807, 2.05) is 17.5 Å². The van der Waals surface area contributed by atoms with Gasteiger partial charge in [0.1, 0.15) is 5.75 Å². The van der Waals surface area contributed by atoms with Crippen molar-refractivity contribution >= 4 is 34.8 Å². The average Bonchev–Trinajstić information content (AvgIpc) is 2.96. The molecule has 7 heteroatoms. The summed E-state index contributed by atoms with van der Waals surface area (Å²) in [4.78, 5) is 16.8. The van der Waals surface area contributed by atoms with Gasteiger partial charge >= 0.3 is 0 Å². The van der Waals surface area contributed by atoms with E-state index in [-0.39, 0.29) is 30.0 Å². The highest BCUT2D eigenvalue weighted by Gasteiger charge is 2.25. The van der Waals surface area contributed by atoms with Crippen molar-refractivity contribution in [2.45, 2.75) is 25.8 Å². The summed E-state index contributed by atoms with van der Waals surface area (Å²) in [7, 11) is 0. The monoisotopic (exact) mass is 353 g/mol. The predicted molar refractivity (Wildman–Crippen MR) is 95.3 cm³/mol. The van der Waals surface area contributed by atoms with E-state index in [9.17, 15) is 9.90 Å². The lowest BCUT2D eigenvalue weighted by molar-refractivity contribution is -0.120. The first kappa shape index (κ1) is 17.7. The molecule has 0 spiro atoms. The summed E-state index contributed by atoms with van der Waals surface area (Å²) in [5, 5.41) is 18.1. The van der Waals surface area contributed by atoms with Crippen LogP contribution in [0.1, 0.15) is 19.8 Å². The Morgan fingerprint density at radius 2 is 2.13 bits per heavy atom. The summed E-state index contributed by atoms with van der Waals surface area (Å²) in [5.41, 5.74) is 1.73. The smallest absolute Gasteiger partial charge is 0.229 e. The van der Waals surface area contributed by atoms with Crippen LogP contribution in [0.25, 0.3) is 11.3 Å². The first-order valence-corrected chi connectivity index (χ1v) is 8.29. The fraction of sp³-hybridized carbons (Fsp3) is 0.375. The Morgan fingerprint density at radius 3 is 2.83 bits per heavy atom. The molecule has 2 atom stereocenters. The molecule has 0 bridgehead atoms. The first-order chi connectivity index (χ1) is 10.6. The normalized spacial score (nSPS) is 20.6. The van der Waals surface area contributed by atoms with E-state index in [1.165, 1.54) is 11.3 Å². The van der Waals surface area contributed by atoms with Gasteiger partial charge in [0, 0.05) is 22.9 Å². The van der Waals surface area contributed by atoms with Gasteiger partial charge in [0.05, 0.1) is 5.69 Å². The minimum absolute atomic E-state index is 0. The third-order valence-corrected chi connectivity index (χ3v) is 4.65. The van der Waals surface area contributed by atoms with Crippen LogP contribution in [0.3, 0.4) is 0 Å². The van der Waals surface area contributed by atoms with Crippen molar-refractivity contribution in [1.82, 2.24) is 10.3 Å². The zero-order chi connectivity index (χ0) is 15.5. The molecule has 0 radical (unpaired) electrons. The number of carbonyl (C=O) groups is 1. The van der Waals surface area contributed by atoms with Crippen molar-refractivity contribution in [2.24, 2.45) is 5.92 Å². The number of aromatic hydroxyl groups is 1. The van der Waals surface area contributed by atoms with Crippen molar-refractivity contribution in [3.05, 3.63) is 29.6 Å². The maximum atomic E-state index is 12.3. The van der Waals surface area contributed by atoms with Crippen molar-refractivity contribution in [1.29, 1.82) is 0 Å². The van der Waals surface area contributed by atoms with Gasteiger partial charge < -0.3 is 15.7 Å². The maximum Gasteiger partial charge on any atom is 0.229 e. The topological polar surface area (TPSA) is 74.2 Å². The molecule has 1 aromatic carbocycles. The number of nitrogens with zero attached hydrogens (tertiary/aromatic N) is 1. The second kappa shape index (κ2) is 7.77. The molecule has 23 heavy (non-hydrogen) atoms. The molecule has 1 saturated heterocycles. The molecule has 0 aliphatic carbocycles. The molecule has 0 saturated carbocycles. The Hall–Kier alpha value is -1.63. The number of halogens is 1. The minimum atomic E-state index is 0. The number of carbonyl (C=O) groups excluding carboxylic acids is 1. The van der Waals surface area contributed by atoms with Crippen LogP contribution in [0.5, 0.6) is 5.75 Å². The molecule has 124 valence electrons. The highest BCUT2D eigenvalue weighted by molar-refractivity contribution is 7.14. The molecule has 3 rings (SSSR count). The number of benzene rings is 1. The van der Waals surface area contributed by atoms with Crippen LogP contribution in [-0.2, 0) is 4.79 Å². The highest BCUT2D eigenvalue weighted by Crippen LogP contribution is 2.27. The Morgan fingerprint density at radius 1 is 1.39 bits per heavy atom. The van der Waals surface area contributed by atoms with Crippen LogP contribution in [-0.4, -0.2) is 28.6 Å². The van der Waals surface area contributed by atoms with E-state index in [1.54, 1.807) is 12.1 Å². The second-order valence-electron chi connectivity index (χ2n) is 5.65. The third kappa shape index (κ3) is 4.43. The van der Waals surface area contributed by atoms with E-state index in [4.69, 9.17) is 0 Å². The van der Waals surface area contributed by atoms with Crippen molar-refractivity contribution in [2.75, 3.05) is 11.9 Å². The number of piperidine rings is 1. The number of anilines is 1. The summed E-state index contributed by atoms with van der Waals surface area (Å²) >= 11 is 1.42. The fourth-order valence-corrected chi connectivity index (χ4v) is 3.40. The van der Waals surface area contributed by atoms with Crippen molar-refractivity contribution in [3.63, 3.8) is 0 Å². The lowest BCUT2D eigenvalue weighted by Crippen LogP contribution is -2.40. The van der Waals surface area contributed by atoms with Gasteiger partial charge in [-0.25, -0.2) is 4.98 Å². The number of hydrogen-bond donors (Lipinski definition) is 3. The van der Waals surface area contributed by atoms with Crippen molar-refractivity contribution < 1.29 is 9.90 Å². The molecule has 5 nitrogen and oxygen atoms in total.